The van der Waals surface area contributed by atoms with Crippen LogP contribution in [0.3, 0.4) is 0 Å². The standard InChI is InChI=1S/C10H18O2/c1-9-3-5-10(6-4-9)12-8-2-7-11/h7,9-10H,2-6,8H2,1H3. The highest BCUT2D eigenvalue weighted by Crippen LogP contribution is 2.25. The first-order chi connectivity index (χ1) is 5.83. The Labute approximate surface area is 74.3 Å². The third kappa shape index (κ3) is 3.35. The first-order valence-electron chi connectivity index (χ1n) is 4.88. The highest BCUT2D eigenvalue weighted by Gasteiger charge is 2.17. The fourth-order valence-electron chi connectivity index (χ4n) is 1.68. The first kappa shape index (κ1) is 9.72. The number of rotatable bonds is 4. The molecule has 0 unspecified atom stereocenters. The Bertz CT molecular complexity index is 126. The van der Waals surface area contributed by atoms with Crippen molar-refractivity contribution in [3.63, 3.8) is 0 Å². The van der Waals surface area contributed by atoms with E-state index in [1.165, 1.54) is 25.7 Å². The number of carbonyl (C=O) groups excluding carboxylic acids is 1. The molecule has 2 nitrogen and oxygen atoms in total. The van der Waals surface area contributed by atoms with Gasteiger partial charge in [-0.1, -0.05) is 6.92 Å². The number of hydrogen-bond donors (Lipinski definition) is 0. The molecule has 12 heavy (non-hydrogen) atoms. The van der Waals surface area contributed by atoms with Crippen molar-refractivity contribution in [3.8, 4) is 0 Å². The molecule has 0 saturated heterocycles. The van der Waals surface area contributed by atoms with Crippen LogP contribution in [0.1, 0.15) is 39.0 Å². The minimum Gasteiger partial charge on any atom is -0.378 e. The monoisotopic (exact) mass is 170 g/mol. The maximum absolute atomic E-state index is 10.0. The van der Waals surface area contributed by atoms with Gasteiger partial charge in [0, 0.05) is 6.42 Å². The van der Waals surface area contributed by atoms with Gasteiger partial charge in [-0.3, -0.25) is 0 Å². The number of ether oxygens (including phenoxy) is 1. The molecule has 1 aliphatic carbocycles. The van der Waals surface area contributed by atoms with Crippen LogP contribution < -0.4 is 0 Å². The van der Waals surface area contributed by atoms with E-state index >= 15 is 0 Å². The average molecular weight is 170 g/mol. The molecule has 70 valence electrons. The van der Waals surface area contributed by atoms with Crippen LogP contribution in [-0.4, -0.2) is 19.0 Å². The molecule has 1 saturated carbocycles. The summed E-state index contributed by atoms with van der Waals surface area (Å²) in [6.07, 6.45) is 6.83. The smallest absolute Gasteiger partial charge is 0.122 e. The van der Waals surface area contributed by atoms with Crippen LogP contribution >= 0.6 is 0 Å². The van der Waals surface area contributed by atoms with Crippen molar-refractivity contribution in [2.45, 2.75) is 45.1 Å². The Morgan fingerprint density at radius 1 is 1.33 bits per heavy atom. The van der Waals surface area contributed by atoms with Gasteiger partial charge in [-0.05, 0) is 31.6 Å². The van der Waals surface area contributed by atoms with Crippen molar-refractivity contribution < 1.29 is 9.53 Å². The lowest BCUT2D eigenvalue weighted by atomic mass is 9.89. The van der Waals surface area contributed by atoms with Gasteiger partial charge in [-0.15, -0.1) is 0 Å². The second-order valence-electron chi connectivity index (χ2n) is 3.71. The summed E-state index contributed by atoms with van der Waals surface area (Å²) in [5, 5.41) is 0. The van der Waals surface area contributed by atoms with E-state index in [1.54, 1.807) is 0 Å². The van der Waals surface area contributed by atoms with Gasteiger partial charge >= 0.3 is 0 Å². The summed E-state index contributed by atoms with van der Waals surface area (Å²) in [4.78, 5) is 10.0. The second kappa shape index (κ2) is 5.31. The van der Waals surface area contributed by atoms with E-state index in [1.807, 2.05) is 0 Å². The maximum Gasteiger partial charge on any atom is 0.122 e. The summed E-state index contributed by atoms with van der Waals surface area (Å²) in [5.41, 5.74) is 0. The molecule has 0 aromatic heterocycles. The molecule has 0 atom stereocenters. The molecule has 0 heterocycles. The molecule has 0 aromatic rings. The Morgan fingerprint density at radius 3 is 2.58 bits per heavy atom. The molecule has 0 radical (unpaired) electrons. The topological polar surface area (TPSA) is 26.3 Å². The summed E-state index contributed by atoms with van der Waals surface area (Å²) in [5.74, 6) is 0.871. The van der Waals surface area contributed by atoms with E-state index in [4.69, 9.17) is 4.74 Å². The van der Waals surface area contributed by atoms with Crippen LogP contribution in [0.4, 0.5) is 0 Å². The molecular weight excluding hydrogens is 152 g/mol. The summed E-state index contributed by atoms with van der Waals surface area (Å²) in [6, 6.07) is 0. The zero-order chi connectivity index (χ0) is 8.81. The summed E-state index contributed by atoms with van der Waals surface area (Å²) in [7, 11) is 0. The SMILES string of the molecule is CC1CCC(OCCC=O)CC1. The molecule has 0 aliphatic heterocycles. The van der Waals surface area contributed by atoms with Gasteiger partial charge in [-0.25, -0.2) is 0 Å². The fourth-order valence-corrected chi connectivity index (χ4v) is 1.68. The molecular formula is C10H18O2. The Kier molecular flexibility index (Phi) is 4.30. The largest absolute Gasteiger partial charge is 0.378 e. The molecule has 1 fully saturated rings. The van der Waals surface area contributed by atoms with Crippen molar-refractivity contribution in [2.24, 2.45) is 5.92 Å². The molecule has 0 spiro atoms. The van der Waals surface area contributed by atoms with Gasteiger partial charge in [-0.2, -0.15) is 0 Å². The van der Waals surface area contributed by atoms with Crippen molar-refractivity contribution in [1.82, 2.24) is 0 Å². The minimum absolute atomic E-state index is 0.432. The van der Waals surface area contributed by atoms with Crippen molar-refractivity contribution in [2.75, 3.05) is 6.61 Å². The summed E-state index contributed by atoms with van der Waals surface area (Å²) < 4.78 is 5.54. The Hall–Kier alpha value is -0.370. The second-order valence-corrected chi connectivity index (χ2v) is 3.71. The van der Waals surface area contributed by atoms with E-state index in [2.05, 4.69) is 6.92 Å². The third-order valence-electron chi connectivity index (χ3n) is 2.55. The molecule has 0 N–H and O–H groups in total. The number of aldehydes is 1. The maximum atomic E-state index is 10.0. The zero-order valence-electron chi connectivity index (χ0n) is 7.79. The lowest BCUT2D eigenvalue weighted by Gasteiger charge is -2.25. The van der Waals surface area contributed by atoms with Crippen LogP contribution in [0.25, 0.3) is 0 Å². The molecule has 2 heteroatoms. The van der Waals surface area contributed by atoms with Crippen molar-refractivity contribution in [1.29, 1.82) is 0 Å². The van der Waals surface area contributed by atoms with E-state index in [9.17, 15) is 4.79 Å². The van der Waals surface area contributed by atoms with Gasteiger partial charge in [0.1, 0.15) is 6.29 Å². The number of hydrogen-bond acceptors (Lipinski definition) is 2. The number of carbonyl (C=O) groups is 1. The van der Waals surface area contributed by atoms with Crippen LogP contribution in [0.5, 0.6) is 0 Å². The van der Waals surface area contributed by atoms with Crippen LogP contribution in [0, 0.1) is 5.92 Å². The first-order valence-corrected chi connectivity index (χ1v) is 4.88. The lowest BCUT2D eigenvalue weighted by molar-refractivity contribution is -0.109. The predicted octanol–water partition coefficient (Wildman–Crippen LogP) is 2.17. The van der Waals surface area contributed by atoms with E-state index in [0.717, 1.165) is 12.2 Å². The van der Waals surface area contributed by atoms with Crippen LogP contribution in [0.2, 0.25) is 0 Å². The molecule has 0 amide bonds. The van der Waals surface area contributed by atoms with E-state index in [0.29, 0.717) is 19.1 Å². The predicted molar refractivity (Wildman–Crippen MR) is 48.1 cm³/mol. The lowest BCUT2D eigenvalue weighted by Crippen LogP contribution is -2.20. The minimum atomic E-state index is 0.432. The highest BCUT2D eigenvalue weighted by atomic mass is 16.5. The third-order valence-corrected chi connectivity index (χ3v) is 2.55. The quantitative estimate of drug-likeness (QED) is 0.477. The Morgan fingerprint density at radius 2 is 2.00 bits per heavy atom. The van der Waals surface area contributed by atoms with Gasteiger partial charge in [0.15, 0.2) is 0 Å². The summed E-state index contributed by atoms with van der Waals surface area (Å²) in [6.45, 7) is 2.91. The zero-order valence-corrected chi connectivity index (χ0v) is 7.79. The molecule has 0 aromatic carbocycles. The van der Waals surface area contributed by atoms with Crippen molar-refractivity contribution >= 4 is 6.29 Å². The van der Waals surface area contributed by atoms with Gasteiger partial charge in [0.2, 0.25) is 0 Å². The highest BCUT2D eigenvalue weighted by molar-refractivity contribution is 5.49. The van der Waals surface area contributed by atoms with Gasteiger partial charge in [0.25, 0.3) is 0 Å². The van der Waals surface area contributed by atoms with E-state index < -0.39 is 0 Å². The summed E-state index contributed by atoms with van der Waals surface area (Å²) >= 11 is 0. The van der Waals surface area contributed by atoms with Crippen LogP contribution in [0.15, 0.2) is 0 Å². The van der Waals surface area contributed by atoms with Crippen LogP contribution in [-0.2, 0) is 9.53 Å². The normalized spacial score (nSPS) is 30.1. The van der Waals surface area contributed by atoms with E-state index in [-0.39, 0.29) is 0 Å². The van der Waals surface area contributed by atoms with Crippen molar-refractivity contribution in [3.05, 3.63) is 0 Å². The van der Waals surface area contributed by atoms with Gasteiger partial charge in [0.05, 0.1) is 12.7 Å². The van der Waals surface area contributed by atoms with Gasteiger partial charge < -0.3 is 9.53 Å². The molecule has 1 rings (SSSR count). The fraction of sp³-hybridized carbons (Fsp3) is 0.900. The molecule has 1 aliphatic rings. The Balaban J connectivity index is 2.05. The molecule has 0 bridgehead atoms. The average Bonchev–Trinajstić information content (AvgIpc) is 2.09.